The Labute approximate surface area is 136 Å². The molecule has 0 aliphatic heterocycles. The maximum absolute atomic E-state index is 9.36. The van der Waals surface area contributed by atoms with Crippen LogP contribution in [0.4, 0.5) is 0 Å². The van der Waals surface area contributed by atoms with Gasteiger partial charge in [-0.25, -0.2) is 0 Å². The van der Waals surface area contributed by atoms with Gasteiger partial charge < -0.3 is 4.98 Å². The number of nitriles is 2. The number of para-hydroxylation sites is 1. The lowest BCUT2D eigenvalue weighted by molar-refractivity contribution is 1.43. The highest BCUT2D eigenvalue weighted by Gasteiger charge is 2.17. The van der Waals surface area contributed by atoms with E-state index in [9.17, 15) is 10.5 Å². The Morgan fingerprint density at radius 2 is 1.59 bits per heavy atom. The van der Waals surface area contributed by atoms with E-state index in [2.05, 4.69) is 20.9 Å². The summed E-state index contributed by atoms with van der Waals surface area (Å²) in [6.07, 6.45) is 1.84. The van der Waals surface area contributed by atoms with Crippen molar-refractivity contribution in [2.75, 3.05) is 0 Å². The number of allylic oxidation sites excluding steroid dienone is 1. The topological polar surface area (TPSA) is 63.4 Å². The molecule has 0 unspecified atom stereocenters. The predicted molar refractivity (Wildman–Crippen MR) is 89.7 cm³/mol. The smallest absolute Gasteiger partial charge is 0.138 e. The van der Waals surface area contributed by atoms with Crippen LogP contribution in [-0.4, -0.2) is 4.98 Å². The first kappa shape index (κ1) is 14.1. The van der Waals surface area contributed by atoms with Crippen LogP contribution in [0.2, 0.25) is 0 Å². The molecule has 0 aliphatic rings. The number of hydrogen-bond donors (Lipinski definition) is 1. The molecule has 2 aromatic carbocycles. The highest BCUT2D eigenvalue weighted by molar-refractivity contribution is 9.10. The summed E-state index contributed by atoms with van der Waals surface area (Å²) < 4.78 is 0.846. The van der Waals surface area contributed by atoms with Crippen molar-refractivity contribution < 1.29 is 0 Å². The summed E-state index contributed by atoms with van der Waals surface area (Å²) in [5, 5.41) is 19.7. The number of nitrogens with one attached hydrogen (secondary N) is 1. The molecule has 0 amide bonds. The van der Waals surface area contributed by atoms with Crippen LogP contribution in [0.15, 0.2) is 64.8 Å². The normalized spacial score (nSPS) is 9.95. The predicted octanol–water partition coefficient (Wildman–Crippen LogP) is 4.78. The summed E-state index contributed by atoms with van der Waals surface area (Å²) in [6.45, 7) is 0. The van der Waals surface area contributed by atoms with Crippen LogP contribution in [0.5, 0.6) is 0 Å². The van der Waals surface area contributed by atoms with Gasteiger partial charge in [-0.05, 0) is 17.7 Å². The first-order chi connectivity index (χ1) is 10.8. The number of halogens is 1. The van der Waals surface area contributed by atoms with Gasteiger partial charge in [0.2, 0.25) is 0 Å². The Kier molecular flexibility index (Phi) is 3.78. The van der Waals surface area contributed by atoms with Gasteiger partial charge in [-0.1, -0.05) is 52.3 Å². The number of fused-ring (bicyclic) bond motifs is 1. The van der Waals surface area contributed by atoms with Gasteiger partial charge in [0.1, 0.15) is 17.7 Å². The average molecular weight is 348 g/mol. The molecule has 1 aromatic heterocycles. The third-order valence-electron chi connectivity index (χ3n) is 3.48. The Morgan fingerprint density at radius 3 is 2.32 bits per heavy atom. The zero-order valence-electron chi connectivity index (χ0n) is 11.5. The Balaban J connectivity index is 2.39. The molecule has 3 nitrogen and oxygen atoms in total. The summed E-state index contributed by atoms with van der Waals surface area (Å²) in [5.74, 6) is 0. The van der Waals surface area contributed by atoms with Gasteiger partial charge in [0.15, 0.2) is 0 Å². The molecule has 0 spiro atoms. The average Bonchev–Trinajstić information content (AvgIpc) is 2.97. The van der Waals surface area contributed by atoms with Gasteiger partial charge in [0, 0.05) is 32.7 Å². The number of aromatic amines is 1. The van der Waals surface area contributed by atoms with E-state index in [1.807, 2.05) is 66.9 Å². The minimum absolute atomic E-state index is 0.0941. The van der Waals surface area contributed by atoms with Gasteiger partial charge in [0.05, 0.1) is 0 Å². The van der Waals surface area contributed by atoms with Crippen LogP contribution < -0.4 is 0 Å². The summed E-state index contributed by atoms with van der Waals surface area (Å²) in [6, 6.07) is 19.4. The Hall–Kier alpha value is -2.82. The van der Waals surface area contributed by atoms with Crippen molar-refractivity contribution in [1.29, 1.82) is 10.5 Å². The van der Waals surface area contributed by atoms with Crippen LogP contribution in [-0.2, 0) is 0 Å². The standard InChI is InChI=1S/C18H10BrN3/c19-16-7-3-1-6-14(16)18(12(9-20)10-21)15-11-22-17-8-4-2-5-13(15)17/h1-8,11,22H. The van der Waals surface area contributed by atoms with Crippen LogP contribution in [0, 0.1) is 22.7 Å². The van der Waals surface area contributed by atoms with E-state index < -0.39 is 0 Å². The third-order valence-corrected chi connectivity index (χ3v) is 4.17. The first-order valence-electron chi connectivity index (χ1n) is 6.62. The van der Waals surface area contributed by atoms with Crippen molar-refractivity contribution in [1.82, 2.24) is 4.98 Å². The monoisotopic (exact) mass is 347 g/mol. The number of nitrogens with zero attached hydrogens (tertiary/aromatic N) is 2. The summed E-state index contributed by atoms with van der Waals surface area (Å²) in [7, 11) is 0. The van der Waals surface area contributed by atoms with E-state index in [4.69, 9.17) is 0 Å². The quantitative estimate of drug-likeness (QED) is 0.678. The molecule has 1 N–H and O–H groups in total. The molecule has 4 heteroatoms. The molecule has 3 aromatic rings. The molecule has 104 valence electrons. The Morgan fingerprint density at radius 1 is 0.909 bits per heavy atom. The van der Waals surface area contributed by atoms with E-state index in [1.165, 1.54) is 0 Å². The molecule has 0 radical (unpaired) electrons. The summed E-state index contributed by atoms with van der Waals surface area (Å²) in [5.41, 5.74) is 3.37. The van der Waals surface area contributed by atoms with Crippen molar-refractivity contribution in [2.45, 2.75) is 0 Å². The lowest BCUT2D eigenvalue weighted by atomic mass is 9.93. The third kappa shape index (κ3) is 2.30. The first-order valence-corrected chi connectivity index (χ1v) is 7.41. The second-order valence-corrected chi connectivity index (χ2v) is 5.56. The number of rotatable bonds is 2. The van der Waals surface area contributed by atoms with E-state index in [-0.39, 0.29) is 5.57 Å². The fraction of sp³-hybridized carbons (Fsp3) is 0. The van der Waals surface area contributed by atoms with Crippen molar-refractivity contribution in [3.63, 3.8) is 0 Å². The highest BCUT2D eigenvalue weighted by atomic mass is 79.9. The van der Waals surface area contributed by atoms with E-state index in [0.717, 1.165) is 26.5 Å². The fourth-order valence-corrected chi connectivity index (χ4v) is 2.98. The molecule has 0 bridgehead atoms. The summed E-state index contributed by atoms with van der Waals surface area (Å²) >= 11 is 3.51. The van der Waals surface area contributed by atoms with Crippen LogP contribution in [0.1, 0.15) is 11.1 Å². The molecular formula is C18H10BrN3. The molecule has 22 heavy (non-hydrogen) atoms. The van der Waals surface area contributed by atoms with Crippen LogP contribution in [0.3, 0.4) is 0 Å². The molecule has 0 aliphatic carbocycles. The molecular weight excluding hydrogens is 338 g/mol. The molecule has 0 atom stereocenters. The maximum Gasteiger partial charge on any atom is 0.138 e. The number of aromatic nitrogens is 1. The lowest BCUT2D eigenvalue weighted by Crippen LogP contribution is -1.93. The fourth-order valence-electron chi connectivity index (χ4n) is 2.49. The van der Waals surface area contributed by atoms with E-state index in [0.29, 0.717) is 5.57 Å². The van der Waals surface area contributed by atoms with Crippen molar-refractivity contribution in [3.8, 4) is 12.1 Å². The van der Waals surface area contributed by atoms with Crippen molar-refractivity contribution in [3.05, 3.63) is 75.9 Å². The highest BCUT2D eigenvalue weighted by Crippen LogP contribution is 2.35. The molecule has 3 rings (SSSR count). The van der Waals surface area contributed by atoms with Crippen molar-refractivity contribution in [2.24, 2.45) is 0 Å². The van der Waals surface area contributed by atoms with E-state index >= 15 is 0 Å². The van der Waals surface area contributed by atoms with Crippen molar-refractivity contribution >= 4 is 32.4 Å². The summed E-state index contributed by atoms with van der Waals surface area (Å²) in [4.78, 5) is 3.19. The number of hydrogen-bond acceptors (Lipinski definition) is 2. The van der Waals surface area contributed by atoms with Crippen LogP contribution >= 0.6 is 15.9 Å². The van der Waals surface area contributed by atoms with Gasteiger partial charge in [-0.15, -0.1) is 0 Å². The minimum atomic E-state index is 0.0941. The zero-order chi connectivity index (χ0) is 15.5. The van der Waals surface area contributed by atoms with Gasteiger partial charge in [-0.2, -0.15) is 10.5 Å². The lowest BCUT2D eigenvalue weighted by Gasteiger charge is -2.09. The SMILES string of the molecule is N#CC(C#N)=C(c1ccccc1Br)c1c[nH]c2ccccc12. The molecule has 0 saturated carbocycles. The van der Waals surface area contributed by atoms with Gasteiger partial charge in [-0.3, -0.25) is 0 Å². The largest absolute Gasteiger partial charge is 0.361 e. The molecule has 0 fully saturated rings. The minimum Gasteiger partial charge on any atom is -0.361 e. The second-order valence-electron chi connectivity index (χ2n) is 4.70. The second kappa shape index (κ2) is 5.89. The molecule has 1 heterocycles. The van der Waals surface area contributed by atoms with Gasteiger partial charge in [0.25, 0.3) is 0 Å². The van der Waals surface area contributed by atoms with E-state index in [1.54, 1.807) is 0 Å². The zero-order valence-corrected chi connectivity index (χ0v) is 13.1. The number of H-pyrrole nitrogens is 1. The van der Waals surface area contributed by atoms with Crippen LogP contribution in [0.25, 0.3) is 16.5 Å². The Bertz CT molecular complexity index is 952. The maximum atomic E-state index is 9.36. The van der Waals surface area contributed by atoms with Gasteiger partial charge >= 0.3 is 0 Å². The molecule has 0 saturated heterocycles. The number of benzene rings is 2.